The minimum Gasteiger partial charge on any atom is -0.481 e. The second-order valence-corrected chi connectivity index (χ2v) is 5.61. The van der Waals surface area contributed by atoms with Gasteiger partial charge in [0.05, 0.1) is 11.5 Å². The molecular weight excluding hydrogens is 260 g/mol. The number of hydrogen-bond acceptors (Lipinski definition) is 3. The van der Waals surface area contributed by atoms with Gasteiger partial charge >= 0.3 is 12.0 Å². The first kappa shape index (κ1) is 16.8. The summed E-state index contributed by atoms with van der Waals surface area (Å²) in [6.07, 6.45) is 4.87. The Morgan fingerprint density at radius 1 is 1.35 bits per heavy atom. The third kappa shape index (κ3) is 5.36. The van der Waals surface area contributed by atoms with Crippen LogP contribution >= 0.6 is 0 Å². The van der Waals surface area contributed by atoms with E-state index in [0.717, 1.165) is 25.9 Å². The summed E-state index contributed by atoms with van der Waals surface area (Å²) in [6, 6.07) is -0.318. The van der Waals surface area contributed by atoms with Crippen molar-refractivity contribution < 1.29 is 19.4 Å². The van der Waals surface area contributed by atoms with Gasteiger partial charge in [-0.15, -0.1) is 0 Å². The Labute approximate surface area is 120 Å². The van der Waals surface area contributed by atoms with Gasteiger partial charge in [-0.3, -0.25) is 4.79 Å². The maximum Gasteiger partial charge on any atom is 0.314 e. The van der Waals surface area contributed by atoms with Crippen LogP contribution in [0.15, 0.2) is 0 Å². The first-order chi connectivity index (χ1) is 9.48. The van der Waals surface area contributed by atoms with E-state index in [1.165, 1.54) is 6.42 Å². The van der Waals surface area contributed by atoms with Gasteiger partial charge in [0.1, 0.15) is 0 Å². The zero-order valence-electron chi connectivity index (χ0n) is 12.4. The maximum atomic E-state index is 11.6. The van der Waals surface area contributed by atoms with Crippen LogP contribution in [0.25, 0.3) is 0 Å². The van der Waals surface area contributed by atoms with E-state index in [-0.39, 0.29) is 18.7 Å². The molecule has 116 valence electrons. The molecule has 0 aromatic carbocycles. The molecule has 6 nitrogen and oxygen atoms in total. The Hall–Kier alpha value is -1.30. The van der Waals surface area contributed by atoms with E-state index in [0.29, 0.717) is 13.0 Å². The summed E-state index contributed by atoms with van der Waals surface area (Å²) < 4.78 is 5.57. The van der Waals surface area contributed by atoms with E-state index >= 15 is 0 Å². The van der Waals surface area contributed by atoms with E-state index in [2.05, 4.69) is 10.6 Å². The third-order valence-corrected chi connectivity index (χ3v) is 3.96. The van der Waals surface area contributed by atoms with E-state index in [9.17, 15) is 9.59 Å². The monoisotopic (exact) mass is 286 g/mol. The van der Waals surface area contributed by atoms with Crippen molar-refractivity contribution in [3.05, 3.63) is 0 Å². The highest BCUT2D eigenvalue weighted by Crippen LogP contribution is 2.19. The van der Waals surface area contributed by atoms with Gasteiger partial charge in [0.15, 0.2) is 0 Å². The molecule has 0 spiro atoms. The highest BCUT2D eigenvalue weighted by atomic mass is 16.5. The van der Waals surface area contributed by atoms with Gasteiger partial charge in [-0.2, -0.15) is 0 Å². The minimum absolute atomic E-state index is 0.130. The van der Waals surface area contributed by atoms with Crippen LogP contribution in [-0.2, 0) is 9.53 Å². The van der Waals surface area contributed by atoms with Crippen LogP contribution < -0.4 is 10.6 Å². The van der Waals surface area contributed by atoms with E-state index in [4.69, 9.17) is 9.84 Å². The molecule has 3 N–H and O–H groups in total. The van der Waals surface area contributed by atoms with Crippen molar-refractivity contribution in [3.8, 4) is 0 Å². The Bertz CT molecular complexity index is 329. The summed E-state index contributed by atoms with van der Waals surface area (Å²) in [5.74, 6) is -0.893. The van der Waals surface area contributed by atoms with Crippen molar-refractivity contribution in [2.24, 2.45) is 5.41 Å². The standard InChI is InChI=1S/C14H26N2O4/c1-3-14(2,12(17)18)10-16-13(19)15-8-7-11-6-4-5-9-20-11/h11H,3-10H2,1-2H3,(H,17,18)(H2,15,16,19). The average molecular weight is 286 g/mol. The molecule has 2 amide bonds. The van der Waals surface area contributed by atoms with Gasteiger partial charge in [-0.1, -0.05) is 6.92 Å². The van der Waals surface area contributed by atoms with Crippen LogP contribution in [0.2, 0.25) is 0 Å². The second-order valence-electron chi connectivity index (χ2n) is 5.61. The molecule has 1 saturated heterocycles. The van der Waals surface area contributed by atoms with Gasteiger partial charge < -0.3 is 20.5 Å². The smallest absolute Gasteiger partial charge is 0.314 e. The maximum absolute atomic E-state index is 11.6. The lowest BCUT2D eigenvalue weighted by Crippen LogP contribution is -2.45. The molecule has 1 aliphatic rings. The van der Waals surface area contributed by atoms with Crippen molar-refractivity contribution in [2.75, 3.05) is 19.7 Å². The number of hydrogen-bond donors (Lipinski definition) is 3. The van der Waals surface area contributed by atoms with Crippen LogP contribution in [0.4, 0.5) is 4.79 Å². The lowest BCUT2D eigenvalue weighted by molar-refractivity contribution is -0.147. The molecule has 0 bridgehead atoms. The van der Waals surface area contributed by atoms with Gasteiger partial charge in [-0.05, 0) is 39.0 Å². The Morgan fingerprint density at radius 2 is 2.10 bits per heavy atom. The van der Waals surface area contributed by atoms with Crippen molar-refractivity contribution in [1.82, 2.24) is 10.6 Å². The molecule has 1 fully saturated rings. The second kappa shape index (κ2) is 8.09. The van der Waals surface area contributed by atoms with Crippen LogP contribution in [0.3, 0.4) is 0 Å². The summed E-state index contributed by atoms with van der Waals surface area (Å²) in [7, 11) is 0. The molecule has 2 atom stereocenters. The number of rotatable bonds is 7. The normalized spacial score (nSPS) is 21.8. The number of carbonyl (C=O) groups is 2. The van der Waals surface area contributed by atoms with Crippen molar-refractivity contribution in [2.45, 2.75) is 52.1 Å². The summed E-state index contributed by atoms with van der Waals surface area (Å²) in [5, 5.41) is 14.5. The molecule has 0 aromatic heterocycles. The summed E-state index contributed by atoms with van der Waals surface area (Å²) in [6.45, 7) is 4.92. The molecule has 0 radical (unpaired) electrons. The van der Waals surface area contributed by atoms with E-state index < -0.39 is 11.4 Å². The number of nitrogens with one attached hydrogen (secondary N) is 2. The van der Waals surface area contributed by atoms with Gasteiger partial charge in [-0.25, -0.2) is 4.79 Å². The number of urea groups is 1. The van der Waals surface area contributed by atoms with Crippen molar-refractivity contribution in [1.29, 1.82) is 0 Å². The van der Waals surface area contributed by atoms with E-state index in [1.54, 1.807) is 13.8 Å². The van der Waals surface area contributed by atoms with Crippen LogP contribution in [0.1, 0.15) is 46.0 Å². The molecule has 0 aromatic rings. The number of ether oxygens (including phenoxy) is 1. The minimum atomic E-state index is -0.913. The molecule has 20 heavy (non-hydrogen) atoms. The number of carboxylic acid groups (broad SMARTS) is 1. The lowest BCUT2D eigenvalue weighted by atomic mass is 9.88. The topological polar surface area (TPSA) is 87.7 Å². The van der Waals surface area contributed by atoms with Crippen molar-refractivity contribution in [3.63, 3.8) is 0 Å². The highest BCUT2D eigenvalue weighted by molar-refractivity contribution is 5.77. The van der Waals surface area contributed by atoms with Gasteiger partial charge in [0.2, 0.25) is 0 Å². The Kier molecular flexibility index (Phi) is 6.78. The molecule has 6 heteroatoms. The zero-order chi connectivity index (χ0) is 15.0. The largest absolute Gasteiger partial charge is 0.481 e. The number of amides is 2. The van der Waals surface area contributed by atoms with Crippen LogP contribution in [0.5, 0.6) is 0 Å². The summed E-state index contributed by atoms with van der Waals surface area (Å²) >= 11 is 0. The quantitative estimate of drug-likeness (QED) is 0.665. The van der Waals surface area contributed by atoms with Crippen LogP contribution in [-0.4, -0.2) is 42.9 Å². The molecular formula is C14H26N2O4. The highest BCUT2D eigenvalue weighted by Gasteiger charge is 2.31. The molecule has 0 saturated carbocycles. The number of aliphatic carboxylic acids is 1. The fourth-order valence-electron chi connectivity index (χ4n) is 2.07. The first-order valence-corrected chi connectivity index (χ1v) is 7.34. The predicted octanol–water partition coefficient (Wildman–Crippen LogP) is 1.75. The Balaban J connectivity index is 2.18. The predicted molar refractivity (Wildman–Crippen MR) is 75.6 cm³/mol. The number of carbonyl (C=O) groups excluding carboxylic acids is 1. The average Bonchev–Trinajstić information content (AvgIpc) is 2.45. The zero-order valence-corrected chi connectivity index (χ0v) is 12.4. The van der Waals surface area contributed by atoms with Gasteiger partial charge in [0.25, 0.3) is 0 Å². The van der Waals surface area contributed by atoms with Crippen molar-refractivity contribution >= 4 is 12.0 Å². The van der Waals surface area contributed by atoms with E-state index in [1.807, 2.05) is 0 Å². The first-order valence-electron chi connectivity index (χ1n) is 7.34. The van der Waals surface area contributed by atoms with Crippen LogP contribution in [0, 0.1) is 5.41 Å². The molecule has 2 unspecified atom stereocenters. The molecule has 0 aliphatic carbocycles. The summed E-state index contributed by atoms with van der Waals surface area (Å²) in [5.41, 5.74) is -0.913. The molecule has 1 rings (SSSR count). The SMILES string of the molecule is CCC(C)(CNC(=O)NCCC1CCCCO1)C(=O)O. The molecule has 1 heterocycles. The summed E-state index contributed by atoms with van der Waals surface area (Å²) in [4.78, 5) is 22.7. The fraction of sp³-hybridized carbons (Fsp3) is 0.857. The fourth-order valence-corrected chi connectivity index (χ4v) is 2.07. The Morgan fingerprint density at radius 3 is 2.65 bits per heavy atom. The van der Waals surface area contributed by atoms with Gasteiger partial charge in [0, 0.05) is 19.7 Å². The third-order valence-electron chi connectivity index (χ3n) is 3.96. The number of carboxylic acids is 1. The molecule has 1 aliphatic heterocycles. The lowest BCUT2D eigenvalue weighted by Gasteiger charge is -2.24.